The van der Waals surface area contributed by atoms with Crippen molar-refractivity contribution in [1.29, 1.82) is 0 Å². The first-order chi connectivity index (χ1) is 8.58. The molecule has 1 aliphatic rings. The van der Waals surface area contributed by atoms with E-state index in [9.17, 15) is 5.11 Å². The summed E-state index contributed by atoms with van der Waals surface area (Å²) < 4.78 is 7.15. The van der Waals surface area contributed by atoms with Gasteiger partial charge in [-0.3, -0.25) is 4.68 Å². The van der Waals surface area contributed by atoms with Crippen LogP contribution >= 0.6 is 0 Å². The topological polar surface area (TPSA) is 73.3 Å². The summed E-state index contributed by atoms with van der Waals surface area (Å²) in [6, 6.07) is 3.64. The van der Waals surface area contributed by atoms with Gasteiger partial charge in [-0.25, -0.2) is 0 Å². The lowest BCUT2D eigenvalue weighted by Crippen LogP contribution is -1.97. The van der Waals surface area contributed by atoms with Crippen LogP contribution < -0.4 is 10.5 Å². The van der Waals surface area contributed by atoms with Crippen molar-refractivity contribution < 1.29 is 9.84 Å². The number of anilines is 1. The minimum Gasteiger partial charge on any atom is -0.507 e. The van der Waals surface area contributed by atoms with E-state index in [1.165, 1.54) is 0 Å². The SMILES string of the molecule is Cc1cc2c(c(-c3cc(N)n(C)n3)c1O)CCO2. The van der Waals surface area contributed by atoms with Gasteiger partial charge in [0.25, 0.3) is 0 Å². The molecular weight excluding hydrogens is 230 g/mol. The number of ether oxygens (including phenoxy) is 1. The number of aromatic hydroxyl groups is 1. The Morgan fingerprint density at radius 3 is 2.89 bits per heavy atom. The molecule has 0 unspecified atom stereocenters. The zero-order valence-electron chi connectivity index (χ0n) is 10.4. The zero-order valence-corrected chi connectivity index (χ0v) is 10.4. The van der Waals surface area contributed by atoms with E-state index in [-0.39, 0.29) is 5.75 Å². The predicted molar refractivity (Wildman–Crippen MR) is 68.7 cm³/mol. The van der Waals surface area contributed by atoms with Gasteiger partial charge in [-0.15, -0.1) is 0 Å². The average molecular weight is 245 g/mol. The molecule has 0 spiro atoms. The van der Waals surface area contributed by atoms with Gasteiger partial charge in [0.2, 0.25) is 0 Å². The molecule has 5 nitrogen and oxygen atoms in total. The quantitative estimate of drug-likeness (QED) is 0.800. The molecule has 5 heteroatoms. The van der Waals surface area contributed by atoms with Crippen molar-refractivity contribution in [1.82, 2.24) is 9.78 Å². The van der Waals surface area contributed by atoms with Gasteiger partial charge in [-0.1, -0.05) is 0 Å². The van der Waals surface area contributed by atoms with Crippen molar-refractivity contribution in [2.45, 2.75) is 13.3 Å². The zero-order chi connectivity index (χ0) is 12.9. The number of phenols is 1. The van der Waals surface area contributed by atoms with Crippen molar-refractivity contribution in [2.75, 3.05) is 12.3 Å². The lowest BCUT2D eigenvalue weighted by atomic mass is 9.98. The summed E-state index contributed by atoms with van der Waals surface area (Å²) in [7, 11) is 1.78. The maximum Gasteiger partial charge on any atom is 0.128 e. The van der Waals surface area contributed by atoms with Crippen LogP contribution in [-0.4, -0.2) is 21.5 Å². The van der Waals surface area contributed by atoms with Crippen LogP contribution in [0.25, 0.3) is 11.3 Å². The summed E-state index contributed by atoms with van der Waals surface area (Å²) in [5.41, 5.74) is 9.03. The Kier molecular flexibility index (Phi) is 2.23. The standard InChI is InChI=1S/C13H15N3O2/c1-7-5-10-8(3-4-18-10)12(13(7)17)9-6-11(14)16(2)15-9/h5-6,17H,3-4,14H2,1-2H3. The van der Waals surface area contributed by atoms with Crippen molar-refractivity contribution in [2.24, 2.45) is 7.05 Å². The number of hydrogen-bond acceptors (Lipinski definition) is 4. The lowest BCUT2D eigenvalue weighted by molar-refractivity contribution is 0.356. The number of rotatable bonds is 1. The molecule has 1 aliphatic heterocycles. The molecule has 0 radical (unpaired) electrons. The van der Waals surface area contributed by atoms with E-state index in [1.807, 2.05) is 13.0 Å². The highest BCUT2D eigenvalue weighted by molar-refractivity contribution is 5.77. The summed E-state index contributed by atoms with van der Waals surface area (Å²) in [6.45, 7) is 2.50. The maximum absolute atomic E-state index is 10.3. The molecule has 0 atom stereocenters. The fraction of sp³-hybridized carbons (Fsp3) is 0.308. The Balaban J connectivity index is 2.28. The fourth-order valence-electron chi connectivity index (χ4n) is 2.34. The number of nitrogen functional groups attached to an aromatic ring is 1. The molecule has 1 aromatic carbocycles. The minimum atomic E-state index is 0.261. The Labute approximate surface area is 105 Å². The van der Waals surface area contributed by atoms with E-state index in [4.69, 9.17) is 10.5 Å². The predicted octanol–water partition coefficient (Wildman–Crippen LogP) is 1.62. The first-order valence-corrected chi connectivity index (χ1v) is 5.86. The second-order valence-corrected chi connectivity index (χ2v) is 4.57. The highest BCUT2D eigenvalue weighted by Crippen LogP contribution is 2.42. The molecule has 2 heterocycles. The molecule has 0 fully saturated rings. The molecule has 0 amide bonds. The molecule has 0 bridgehead atoms. The molecule has 0 saturated heterocycles. The summed E-state index contributed by atoms with van der Waals surface area (Å²) in [6.07, 6.45) is 0.787. The maximum atomic E-state index is 10.3. The van der Waals surface area contributed by atoms with E-state index < -0.39 is 0 Å². The van der Waals surface area contributed by atoms with Crippen LogP contribution in [0, 0.1) is 6.92 Å². The summed E-state index contributed by atoms with van der Waals surface area (Å²) in [4.78, 5) is 0. The van der Waals surface area contributed by atoms with Crippen molar-refractivity contribution in [3.05, 3.63) is 23.3 Å². The molecule has 3 N–H and O–H groups in total. The van der Waals surface area contributed by atoms with Crippen LogP contribution in [0.3, 0.4) is 0 Å². The molecular formula is C13H15N3O2. The van der Waals surface area contributed by atoms with Gasteiger partial charge in [-0.05, 0) is 18.6 Å². The van der Waals surface area contributed by atoms with Gasteiger partial charge in [0.1, 0.15) is 17.3 Å². The van der Waals surface area contributed by atoms with Crippen LogP contribution in [0.4, 0.5) is 5.82 Å². The molecule has 0 saturated carbocycles. The van der Waals surface area contributed by atoms with Gasteiger partial charge in [0.05, 0.1) is 17.9 Å². The van der Waals surface area contributed by atoms with Gasteiger partial charge in [0.15, 0.2) is 0 Å². The van der Waals surface area contributed by atoms with Crippen molar-refractivity contribution >= 4 is 5.82 Å². The van der Waals surface area contributed by atoms with Crippen LogP contribution in [0.1, 0.15) is 11.1 Å². The smallest absolute Gasteiger partial charge is 0.128 e. The third kappa shape index (κ3) is 1.44. The largest absolute Gasteiger partial charge is 0.507 e. The first kappa shape index (κ1) is 11.0. The number of phenolic OH excluding ortho intramolecular Hbond substituents is 1. The molecule has 1 aromatic heterocycles. The number of nitrogens with zero attached hydrogens (tertiary/aromatic N) is 2. The number of aryl methyl sites for hydroxylation is 2. The van der Waals surface area contributed by atoms with Gasteiger partial charge < -0.3 is 15.6 Å². The second-order valence-electron chi connectivity index (χ2n) is 4.57. The first-order valence-electron chi connectivity index (χ1n) is 5.86. The van der Waals surface area contributed by atoms with E-state index in [2.05, 4.69) is 5.10 Å². The third-order valence-corrected chi connectivity index (χ3v) is 3.34. The van der Waals surface area contributed by atoms with Crippen LogP contribution in [0.5, 0.6) is 11.5 Å². The summed E-state index contributed by atoms with van der Waals surface area (Å²) in [5.74, 6) is 1.67. The molecule has 94 valence electrons. The molecule has 2 aromatic rings. The summed E-state index contributed by atoms with van der Waals surface area (Å²) >= 11 is 0. The van der Waals surface area contributed by atoms with Crippen LogP contribution in [0.2, 0.25) is 0 Å². The Morgan fingerprint density at radius 1 is 1.44 bits per heavy atom. The van der Waals surface area contributed by atoms with Crippen molar-refractivity contribution in [3.8, 4) is 22.8 Å². The lowest BCUT2D eigenvalue weighted by Gasteiger charge is -2.10. The second kappa shape index (κ2) is 3.66. The van der Waals surface area contributed by atoms with E-state index in [1.54, 1.807) is 17.8 Å². The van der Waals surface area contributed by atoms with E-state index in [0.717, 1.165) is 28.9 Å². The van der Waals surface area contributed by atoms with Crippen LogP contribution in [-0.2, 0) is 13.5 Å². The minimum absolute atomic E-state index is 0.261. The van der Waals surface area contributed by atoms with E-state index >= 15 is 0 Å². The number of benzene rings is 1. The summed E-state index contributed by atoms with van der Waals surface area (Å²) in [5, 5.41) is 14.6. The Bertz CT molecular complexity index is 612. The average Bonchev–Trinajstić information content (AvgIpc) is 2.88. The van der Waals surface area contributed by atoms with Gasteiger partial charge >= 0.3 is 0 Å². The molecule has 3 rings (SSSR count). The van der Waals surface area contributed by atoms with E-state index in [0.29, 0.717) is 18.1 Å². The highest BCUT2D eigenvalue weighted by atomic mass is 16.5. The molecule has 18 heavy (non-hydrogen) atoms. The number of nitrogens with two attached hydrogens (primary N) is 1. The number of aromatic nitrogens is 2. The highest BCUT2D eigenvalue weighted by Gasteiger charge is 2.24. The van der Waals surface area contributed by atoms with Crippen LogP contribution in [0.15, 0.2) is 12.1 Å². The van der Waals surface area contributed by atoms with Gasteiger partial charge in [0, 0.05) is 25.1 Å². The monoisotopic (exact) mass is 245 g/mol. The Morgan fingerprint density at radius 2 is 2.22 bits per heavy atom. The fourth-order valence-corrected chi connectivity index (χ4v) is 2.34. The van der Waals surface area contributed by atoms with Gasteiger partial charge in [-0.2, -0.15) is 5.10 Å². The molecule has 0 aliphatic carbocycles. The van der Waals surface area contributed by atoms with Crippen molar-refractivity contribution in [3.63, 3.8) is 0 Å². The Hall–Kier alpha value is -2.17. The number of fused-ring (bicyclic) bond motifs is 1. The number of hydrogen-bond donors (Lipinski definition) is 2. The third-order valence-electron chi connectivity index (χ3n) is 3.34. The normalized spacial score (nSPS) is 13.4.